The molecule has 2 rings (SSSR count). The average molecular weight is 266 g/mol. The quantitative estimate of drug-likeness (QED) is 0.806. The second-order valence-corrected chi connectivity index (χ2v) is 5.17. The third-order valence-corrected chi connectivity index (χ3v) is 3.00. The number of aromatic nitrogens is 2. The van der Waals surface area contributed by atoms with Crippen LogP contribution in [0.25, 0.3) is 0 Å². The molecule has 1 saturated heterocycles. The van der Waals surface area contributed by atoms with Crippen molar-refractivity contribution in [3.8, 4) is 0 Å². The molecule has 1 aliphatic heterocycles. The zero-order valence-electron chi connectivity index (χ0n) is 11.6. The molecule has 1 aromatic rings. The van der Waals surface area contributed by atoms with Crippen LogP contribution in [-0.4, -0.2) is 41.0 Å². The minimum Gasteiger partial charge on any atom is -0.376 e. The highest BCUT2D eigenvalue weighted by molar-refractivity contribution is 5.91. The number of nitrogens with zero attached hydrogens (tertiary/aromatic N) is 2. The normalized spacial score (nSPS) is 19.0. The summed E-state index contributed by atoms with van der Waals surface area (Å²) in [5.41, 5.74) is 0.730. The van der Waals surface area contributed by atoms with Gasteiger partial charge in [0.05, 0.1) is 31.1 Å². The van der Waals surface area contributed by atoms with E-state index in [4.69, 9.17) is 4.74 Å². The number of amides is 1. The van der Waals surface area contributed by atoms with Crippen molar-refractivity contribution in [1.82, 2.24) is 15.1 Å². The van der Waals surface area contributed by atoms with Gasteiger partial charge in [-0.15, -0.1) is 0 Å². The second-order valence-electron chi connectivity index (χ2n) is 5.17. The fourth-order valence-corrected chi connectivity index (χ4v) is 2.03. The summed E-state index contributed by atoms with van der Waals surface area (Å²) in [7, 11) is 0. The van der Waals surface area contributed by atoms with Gasteiger partial charge >= 0.3 is 0 Å². The van der Waals surface area contributed by atoms with Gasteiger partial charge in [-0.25, -0.2) is 0 Å². The van der Waals surface area contributed by atoms with E-state index in [1.54, 1.807) is 6.20 Å². The number of hydrogen-bond donors (Lipinski definition) is 2. The maximum atomic E-state index is 11.6. The summed E-state index contributed by atoms with van der Waals surface area (Å²) in [5, 5.41) is 10.1. The zero-order chi connectivity index (χ0) is 13.7. The van der Waals surface area contributed by atoms with Gasteiger partial charge in [0.2, 0.25) is 5.91 Å². The summed E-state index contributed by atoms with van der Waals surface area (Å²) in [6.45, 7) is 5.92. The Kier molecular flexibility index (Phi) is 4.93. The standard InChI is InChI=1S/C13H22N4O2/c1-10(2)14-7-13(18)16-11-6-15-17(8-11)9-12-4-3-5-19-12/h6,8,10,12,14H,3-5,7,9H2,1-2H3,(H,16,18). The third kappa shape index (κ3) is 4.65. The van der Waals surface area contributed by atoms with Gasteiger partial charge in [-0.1, -0.05) is 13.8 Å². The molecule has 2 heterocycles. The van der Waals surface area contributed by atoms with E-state index in [9.17, 15) is 4.79 Å². The number of nitrogens with one attached hydrogen (secondary N) is 2. The molecule has 6 heteroatoms. The van der Waals surface area contributed by atoms with Crippen LogP contribution in [0.3, 0.4) is 0 Å². The molecule has 0 radical (unpaired) electrons. The second kappa shape index (κ2) is 6.68. The molecule has 0 spiro atoms. The summed E-state index contributed by atoms with van der Waals surface area (Å²) in [6.07, 6.45) is 5.97. The SMILES string of the molecule is CC(C)NCC(=O)Nc1cnn(CC2CCCO2)c1. The molecule has 2 N–H and O–H groups in total. The van der Waals surface area contributed by atoms with Gasteiger partial charge in [0, 0.05) is 18.8 Å². The van der Waals surface area contributed by atoms with E-state index in [-0.39, 0.29) is 12.0 Å². The van der Waals surface area contributed by atoms with Gasteiger partial charge in [0.25, 0.3) is 0 Å². The van der Waals surface area contributed by atoms with E-state index in [2.05, 4.69) is 15.7 Å². The molecule has 19 heavy (non-hydrogen) atoms. The van der Waals surface area contributed by atoms with E-state index < -0.39 is 0 Å². The van der Waals surface area contributed by atoms with Crippen molar-refractivity contribution >= 4 is 11.6 Å². The molecular formula is C13H22N4O2. The minimum atomic E-state index is -0.0506. The first kappa shape index (κ1) is 14.0. The molecule has 0 saturated carbocycles. The van der Waals surface area contributed by atoms with Gasteiger partial charge in [-0.05, 0) is 12.8 Å². The first-order valence-electron chi connectivity index (χ1n) is 6.81. The fourth-order valence-electron chi connectivity index (χ4n) is 2.03. The van der Waals surface area contributed by atoms with Crippen LogP contribution in [0.15, 0.2) is 12.4 Å². The van der Waals surface area contributed by atoms with Crippen LogP contribution in [0, 0.1) is 0 Å². The molecule has 1 aromatic heterocycles. The zero-order valence-corrected chi connectivity index (χ0v) is 11.6. The first-order valence-corrected chi connectivity index (χ1v) is 6.81. The first-order chi connectivity index (χ1) is 9.13. The van der Waals surface area contributed by atoms with Crippen molar-refractivity contribution in [2.75, 3.05) is 18.5 Å². The Bertz CT molecular complexity index is 411. The van der Waals surface area contributed by atoms with Gasteiger partial charge < -0.3 is 15.4 Å². The Labute approximate surface area is 113 Å². The van der Waals surface area contributed by atoms with Crippen molar-refractivity contribution in [3.05, 3.63) is 12.4 Å². The van der Waals surface area contributed by atoms with Crippen molar-refractivity contribution in [1.29, 1.82) is 0 Å². The summed E-state index contributed by atoms with van der Waals surface area (Å²) in [5.74, 6) is -0.0506. The maximum Gasteiger partial charge on any atom is 0.238 e. The minimum absolute atomic E-state index is 0.0506. The lowest BCUT2D eigenvalue weighted by Gasteiger charge is -2.09. The molecule has 1 fully saturated rings. The lowest BCUT2D eigenvalue weighted by molar-refractivity contribution is -0.115. The molecular weight excluding hydrogens is 244 g/mol. The number of carbonyl (C=O) groups is 1. The molecule has 1 aliphatic rings. The Hall–Kier alpha value is -1.40. The Morgan fingerprint density at radius 3 is 3.16 bits per heavy atom. The monoisotopic (exact) mass is 266 g/mol. The van der Waals surface area contributed by atoms with Crippen molar-refractivity contribution in [2.45, 2.75) is 45.4 Å². The van der Waals surface area contributed by atoms with E-state index in [1.807, 2.05) is 24.7 Å². The van der Waals surface area contributed by atoms with Gasteiger partial charge in [-0.2, -0.15) is 5.10 Å². The Balaban J connectivity index is 1.78. The van der Waals surface area contributed by atoms with Gasteiger partial charge in [0.1, 0.15) is 0 Å². The summed E-state index contributed by atoms with van der Waals surface area (Å²) in [6, 6.07) is 0.299. The van der Waals surface area contributed by atoms with Crippen LogP contribution in [-0.2, 0) is 16.1 Å². The lowest BCUT2D eigenvalue weighted by Crippen LogP contribution is -2.32. The van der Waals surface area contributed by atoms with Gasteiger partial charge in [-0.3, -0.25) is 9.48 Å². The van der Waals surface area contributed by atoms with E-state index >= 15 is 0 Å². The number of carbonyl (C=O) groups excluding carboxylic acids is 1. The highest BCUT2D eigenvalue weighted by Gasteiger charge is 2.16. The molecule has 106 valence electrons. The summed E-state index contributed by atoms with van der Waals surface area (Å²) >= 11 is 0. The number of anilines is 1. The van der Waals surface area contributed by atoms with E-state index in [0.29, 0.717) is 12.6 Å². The summed E-state index contributed by atoms with van der Waals surface area (Å²) in [4.78, 5) is 11.6. The van der Waals surface area contributed by atoms with Crippen LogP contribution in [0.2, 0.25) is 0 Å². The molecule has 1 unspecified atom stereocenters. The number of ether oxygens (including phenoxy) is 1. The van der Waals surface area contributed by atoms with Crippen LogP contribution < -0.4 is 10.6 Å². The molecule has 0 bridgehead atoms. The van der Waals surface area contributed by atoms with Crippen LogP contribution in [0.1, 0.15) is 26.7 Å². The number of rotatable bonds is 6. The predicted molar refractivity (Wildman–Crippen MR) is 73.0 cm³/mol. The Morgan fingerprint density at radius 1 is 1.63 bits per heavy atom. The molecule has 1 amide bonds. The third-order valence-electron chi connectivity index (χ3n) is 3.00. The van der Waals surface area contributed by atoms with Crippen LogP contribution in [0.4, 0.5) is 5.69 Å². The average Bonchev–Trinajstić information content (AvgIpc) is 2.99. The topological polar surface area (TPSA) is 68.2 Å². The smallest absolute Gasteiger partial charge is 0.238 e. The van der Waals surface area contributed by atoms with E-state index in [0.717, 1.165) is 31.7 Å². The van der Waals surface area contributed by atoms with Crippen molar-refractivity contribution in [2.24, 2.45) is 0 Å². The number of hydrogen-bond acceptors (Lipinski definition) is 4. The lowest BCUT2D eigenvalue weighted by atomic mass is 10.2. The molecule has 6 nitrogen and oxygen atoms in total. The largest absolute Gasteiger partial charge is 0.376 e. The highest BCUT2D eigenvalue weighted by atomic mass is 16.5. The van der Waals surface area contributed by atoms with Crippen LogP contribution in [0.5, 0.6) is 0 Å². The molecule has 0 aliphatic carbocycles. The maximum absolute atomic E-state index is 11.6. The van der Waals surface area contributed by atoms with Gasteiger partial charge in [0.15, 0.2) is 0 Å². The highest BCUT2D eigenvalue weighted by Crippen LogP contribution is 2.14. The fraction of sp³-hybridized carbons (Fsp3) is 0.692. The van der Waals surface area contributed by atoms with Crippen molar-refractivity contribution < 1.29 is 9.53 Å². The van der Waals surface area contributed by atoms with Crippen LogP contribution >= 0.6 is 0 Å². The molecule has 0 aromatic carbocycles. The van der Waals surface area contributed by atoms with Crippen molar-refractivity contribution in [3.63, 3.8) is 0 Å². The predicted octanol–water partition coefficient (Wildman–Crippen LogP) is 0.999. The molecule has 1 atom stereocenters. The summed E-state index contributed by atoms with van der Waals surface area (Å²) < 4.78 is 7.37. The Morgan fingerprint density at radius 2 is 2.47 bits per heavy atom. The van der Waals surface area contributed by atoms with E-state index in [1.165, 1.54) is 0 Å².